The number of pyridine rings is 1. The van der Waals surface area contributed by atoms with Crippen LogP contribution in [0.5, 0.6) is 0 Å². The molecule has 1 aliphatic rings. The van der Waals surface area contributed by atoms with E-state index < -0.39 is 17.3 Å². The molecule has 0 aliphatic heterocycles. The lowest BCUT2D eigenvalue weighted by Crippen LogP contribution is -2.45. The van der Waals surface area contributed by atoms with E-state index in [-0.39, 0.29) is 0 Å². The number of halogens is 3. The summed E-state index contributed by atoms with van der Waals surface area (Å²) in [5, 5.41) is 6.73. The Hall–Kier alpha value is -2.15. The van der Waals surface area contributed by atoms with Crippen LogP contribution >= 0.6 is 12.2 Å². The molecule has 1 fully saturated rings. The van der Waals surface area contributed by atoms with Crippen LogP contribution in [0.1, 0.15) is 36.8 Å². The van der Waals surface area contributed by atoms with Crippen LogP contribution in [0.25, 0.3) is 0 Å². The maximum Gasteiger partial charge on any atom is 0.416 e. The molecule has 1 heterocycles. The van der Waals surface area contributed by atoms with Gasteiger partial charge in [0.25, 0.3) is 0 Å². The average Bonchev–Trinajstić information content (AvgIpc) is 3.04. The Morgan fingerprint density at radius 1 is 1.08 bits per heavy atom. The van der Waals surface area contributed by atoms with Gasteiger partial charge in [-0.3, -0.25) is 4.98 Å². The van der Waals surface area contributed by atoms with E-state index in [4.69, 9.17) is 12.2 Å². The van der Waals surface area contributed by atoms with Crippen molar-refractivity contribution in [3.05, 3.63) is 59.9 Å². The number of nitrogens with one attached hydrogen (secondary N) is 2. The molecule has 0 atom stereocenters. The lowest BCUT2D eigenvalue weighted by molar-refractivity contribution is -0.137. The van der Waals surface area contributed by atoms with Gasteiger partial charge in [0.05, 0.1) is 11.1 Å². The summed E-state index contributed by atoms with van der Waals surface area (Å²) in [6.45, 7) is 0. The third-order valence-electron chi connectivity index (χ3n) is 4.49. The van der Waals surface area contributed by atoms with E-state index in [9.17, 15) is 13.2 Å². The Morgan fingerprint density at radius 3 is 2.40 bits per heavy atom. The van der Waals surface area contributed by atoms with Gasteiger partial charge in [-0.15, -0.1) is 0 Å². The van der Waals surface area contributed by atoms with Crippen molar-refractivity contribution < 1.29 is 13.2 Å². The van der Waals surface area contributed by atoms with Gasteiger partial charge in [0.2, 0.25) is 0 Å². The summed E-state index contributed by atoms with van der Waals surface area (Å²) in [7, 11) is 0. The highest BCUT2D eigenvalue weighted by Crippen LogP contribution is 2.40. The maximum atomic E-state index is 13.1. The van der Waals surface area contributed by atoms with Crippen molar-refractivity contribution in [3.63, 3.8) is 0 Å². The first-order valence-electron chi connectivity index (χ1n) is 8.06. The van der Waals surface area contributed by atoms with Crippen LogP contribution in [-0.2, 0) is 11.7 Å². The summed E-state index contributed by atoms with van der Waals surface area (Å²) in [6, 6.07) is 9.08. The minimum absolute atomic E-state index is 0.394. The van der Waals surface area contributed by atoms with Crippen molar-refractivity contribution in [1.82, 2.24) is 10.3 Å². The summed E-state index contributed by atoms with van der Waals surface area (Å²) in [6.07, 6.45) is 2.30. The molecule has 7 heteroatoms. The minimum Gasteiger partial charge on any atom is -0.353 e. The van der Waals surface area contributed by atoms with Crippen LogP contribution in [0.2, 0.25) is 0 Å². The normalized spacial score (nSPS) is 16.4. The minimum atomic E-state index is -4.36. The Kier molecular flexibility index (Phi) is 4.94. The lowest BCUT2D eigenvalue weighted by atomic mass is 9.87. The van der Waals surface area contributed by atoms with E-state index in [2.05, 4.69) is 15.6 Å². The molecule has 2 N–H and O–H groups in total. The molecule has 0 unspecified atom stereocenters. The second-order valence-corrected chi connectivity index (χ2v) is 6.59. The third kappa shape index (κ3) is 4.10. The highest BCUT2D eigenvalue weighted by Gasteiger charge is 2.38. The van der Waals surface area contributed by atoms with Gasteiger partial charge in [0.15, 0.2) is 5.11 Å². The molecule has 1 saturated carbocycles. The predicted octanol–water partition coefficient (Wildman–Crippen LogP) is 4.86. The van der Waals surface area contributed by atoms with Gasteiger partial charge in [-0.05, 0) is 54.9 Å². The molecule has 0 saturated heterocycles. The molecule has 0 spiro atoms. The first-order chi connectivity index (χ1) is 11.9. The van der Waals surface area contributed by atoms with E-state index in [1.54, 1.807) is 30.6 Å². The van der Waals surface area contributed by atoms with Gasteiger partial charge in [-0.1, -0.05) is 25.0 Å². The summed E-state index contributed by atoms with van der Waals surface area (Å²) in [5.74, 6) is 0. The van der Waals surface area contributed by atoms with Crippen molar-refractivity contribution in [2.45, 2.75) is 37.4 Å². The fraction of sp³-hybridized carbons (Fsp3) is 0.333. The Labute approximate surface area is 149 Å². The second kappa shape index (κ2) is 7.00. The highest BCUT2D eigenvalue weighted by atomic mass is 32.1. The predicted molar refractivity (Wildman–Crippen MR) is 95.2 cm³/mol. The third-order valence-corrected chi connectivity index (χ3v) is 4.69. The van der Waals surface area contributed by atoms with Gasteiger partial charge < -0.3 is 10.6 Å². The molecule has 3 rings (SSSR count). The Bertz CT molecular complexity index is 741. The maximum absolute atomic E-state index is 13.1. The molecule has 132 valence electrons. The van der Waals surface area contributed by atoms with Crippen molar-refractivity contribution in [2.75, 3.05) is 5.32 Å². The number of hydrogen-bond donors (Lipinski definition) is 2. The fourth-order valence-corrected chi connectivity index (χ4v) is 3.59. The number of nitrogens with zero attached hydrogens (tertiary/aromatic N) is 1. The van der Waals surface area contributed by atoms with E-state index in [1.807, 2.05) is 0 Å². The van der Waals surface area contributed by atoms with Crippen LogP contribution in [-0.4, -0.2) is 10.1 Å². The number of thiocarbonyl (C=S) groups is 1. The van der Waals surface area contributed by atoms with E-state index in [0.29, 0.717) is 10.7 Å². The van der Waals surface area contributed by atoms with Gasteiger partial charge in [0.1, 0.15) is 0 Å². The standard InChI is InChI=1S/C18H18F3N3S/c19-18(20,21)14-5-3-4-13(12-14)17(8-1-2-9-17)24-16(25)23-15-6-10-22-11-7-15/h3-7,10-12H,1-2,8-9H2,(H2,22,23,24,25). The Balaban J connectivity index is 1.83. The first-order valence-corrected chi connectivity index (χ1v) is 8.47. The zero-order chi connectivity index (χ0) is 17.9. The van der Waals surface area contributed by atoms with Crippen LogP contribution in [0, 0.1) is 0 Å². The fourth-order valence-electron chi connectivity index (χ4n) is 3.27. The molecule has 0 radical (unpaired) electrons. The quantitative estimate of drug-likeness (QED) is 0.762. The molecule has 1 aliphatic carbocycles. The number of hydrogen-bond acceptors (Lipinski definition) is 2. The number of alkyl halides is 3. The molecule has 25 heavy (non-hydrogen) atoms. The largest absolute Gasteiger partial charge is 0.416 e. The summed E-state index contributed by atoms with van der Waals surface area (Å²) in [4.78, 5) is 3.94. The molecule has 3 nitrogen and oxygen atoms in total. The molecule has 1 aromatic heterocycles. The van der Waals surface area contributed by atoms with E-state index >= 15 is 0 Å². The molecular weight excluding hydrogens is 347 g/mol. The first kappa shape index (κ1) is 17.7. The summed E-state index contributed by atoms with van der Waals surface area (Å²) < 4.78 is 39.2. The lowest BCUT2D eigenvalue weighted by Gasteiger charge is -2.33. The van der Waals surface area contributed by atoms with Crippen molar-refractivity contribution >= 4 is 23.0 Å². The number of benzene rings is 1. The molecular formula is C18H18F3N3S. The zero-order valence-electron chi connectivity index (χ0n) is 13.4. The highest BCUT2D eigenvalue weighted by molar-refractivity contribution is 7.80. The van der Waals surface area contributed by atoms with Crippen LogP contribution < -0.4 is 10.6 Å². The van der Waals surface area contributed by atoms with E-state index in [1.165, 1.54) is 12.1 Å². The number of aromatic nitrogens is 1. The smallest absolute Gasteiger partial charge is 0.353 e. The molecule has 0 amide bonds. The number of rotatable bonds is 3. The summed E-state index contributed by atoms with van der Waals surface area (Å²) in [5.41, 5.74) is 0.202. The SMILES string of the molecule is FC(F)(F)c1cccc(C2(NC(=S)Nc3ccncc3)CCCC2)c1. The van der Waals surface area contributed by atoms with Crippen molar-refractivity contribution in [2.24, 2.45) is 0 Å². The van der Waals surface area contributed by atoms with Crippen LogP contribution in [0.4, 0.5) is 18.9 Å². The molecule has 0 bridgehead atoms. The Morgan fingerprint density at radius 2 is 1.76 bits per heavy atom. The van der Waals surface area contributed by atoms with Crippen molar-refractivity contribution in [3.8, 4) is 0 Å². The molecule has 2 aromatic rings. The van der Waals surface area contributed by atoms with E-state index in [0.717, 1.165) is 37.4 Å². The topological polar surface area (TPSA) is 37.0 Å². The summed E-state index contributed by atoms with van der Waals surface area (Å²) >= 11 is 5.39. The zero-order valence-corrected chi connectivity index (χ0v) is 14.3. The van der Waals surface area contributed by atoms with Crippen LogP contribution in [0.15, 0.2) is 48.8 Å². The monoisotopic (exact) mass is 365 g/mol. The van der Waals surface area contributed by atoms with Gasteiger partial charge in [-0.2, -0.15) is 13.2 Å². The van der Waals surface area contributed by atoms with Gasteiger partial charge in [-0.25, -0.2) is 0 Å². The number of anilines is 1. The van der Waals surface area contributed by atoms with Gasteiger partial charge >= 0.3 is 6.18 Å². The second-order valence-electron chi connectivity index (χ2n) is 6.18. The average molecular weight is 365 g/mol. The van der Waals surface area contributed by atoms with Crippen LogP contribution in [0.3, 0.4) is 0 Å². The van der Waals surface area contributed by atoms with Crippen molar-refractivity contribution in [1.29, 1.82) is 0 Å². The van der Waals surface area contributed by atoms with Gasteiger partial charge in [0, 0.05) is 18.1 Å². The molecule has 1 aromatic carbocycles.